The Labute approximate surface area is 181 Å². The standard InChI is InChI=1S/C23H30N4O4/c1-13-7-6-8-17(15(13)3)24-22(29)12-26-18-11-20(31-5)19(30-4)10-16(18)23-25-21(28)9-14(2)27(23)26/h9-11,13,15,17H,6-8,12H2,1-5H3,(H,24,29)/t13-,15+,17+/m0/s1. The number of nitrogens with zero attached hydrogens (tertiary/aromatic N) is 3. The van der Waals surface area contributed by atoms with Gasteiger partial charge in [0.05, 0.1) is 19.7 Å². The molecule has 8 heteroatoms. The quantitative estimate of drug-likeness (QED) is 0.678. The molecule has 0 saturated heterocycles. The number of carbonyl (C=O) groups is 1. The first-order chi connectivity index (χ1) is 14.8. The summed E-state index contributed by atoms with van der Waals surface area (Å²) in [5, 5.41) is 3.97. The molecule has 1 aliphatic rings. The fraction of sp³-hybridized carbons (Fsp3) is 0.522. The van der Waals surface area contributed by atoms with Gasteiger partial charge >= 0.3 is 0 Å². The fourth-order valence-corrected chi connectivity index (χ4v) is 4.77. The lowest BCUT2D eigenvalue weighted by Gasteiger charge is -2.34. The molecule has 0 bridgehead atoms. The van der Waals surface area contributed by atoms with E-state index in [9.17, 15) is 9.59 Å². The van der Waals surface area contributed by atoms with Crippen molar-refractivity contribution in [1.82, 2.24) is 19.5 Å². The van der Waals surface area contributed by atoms with Crippen LogP contribution < -0.4 is 20.3 Å². The molecule has 1 aliphatic carbocycles. The van der Waals surface area contributed by atoms with Crippen molar-refractivity contribution < 1.29 is 14.3 Å². The zero-order chi connectivity index (χ0) is 22.3. The third-order valence-electron chi connectivity index (χ3n) is 6.69. The van der Waals surface area contributed by atoms with E-state index in [2.05, 4.69) is 24.1 Å². The number of methoxy groups -OCH3 is 2. The SMILES string of the molecule is COc1cc2c(cc1OC)n(CC(=O)N[C@@H]1CCC[C@H](C)[C@H]1C)n1c(C)cc(=O)nc21. The van der Waals surface area contributed by atoms with Gasteiger partial charge in [0.1, 0.15) is 6.54 Å². The first-order valence-corrected chi connectivity index (χ1v) is 10.8. The number of aryl methyl sites for hydroxylation is 1. The number of hydrogen-bond donors (Lipinski definition) is 1. The van der Waals surface area contributed by atoms with Crippen molar-refractivity contribution in [3.05, 3.63) is 34.2 Å². The van der Waals surface area contributed by atoms with Crippen LogP contribution in [0, 0.1) is 18.8 Å². The predicted octanol–water partition coefficient (Wildman–Crippen LogP) is 2.92. The number of nitrogens with one attached hydrogen (secondary N) is 1. The molecule has 0 unspecified atom stereocenters. The van der Waals surface area contributed by atoms with Gasteiger partial charge in [-0.25, -0.2) is 4.52 Å². The van der Waals surface area contributed by atoms with Crippen LogP contribution in [0.25, 0.3) is 16.6 Å². The Balaban J connectivity index is 1.80. The van der Waals surface area contributed by atoms with Crippen LogP contribution in [0.15, 0.2) is 23.0 Å². The monoisotopic (exact) mass is 426 g/mol. The van der Waals surface area contributed by atoms with Crippen molar-refractivity contribution in [2.75, 3.05) is 14.2 Å². The fourth-order valence-electron chi connectivity index (χ4n) is 4.77. The molecule has 0 radical (unpaired) electrons. The lowest BCUT2D eigenvalue weighted by atomic mass is 9.78. The highest BCUT2D eigenvalue weighted by atomic mass is 16.5. The first-order valence-electron chi connectivity index (χ1n) is 10.8. The number of benzene rings is 1. The molecule has 0 spiro atoms. The Morgan fingerprint density at radius 3 is 2.58 bits per heavy atom. The topological polar surface area (TPSA) is 86.9 Å². The summed E-state index contributed by atoms with van der Waals surface area (Å²) in [5.74, 6) is 2.08. The number of carbonyl (C=O) groups excluding carboxylic acids is 1. The minimum atomic E-state index is -0.319. The van der Waals surface area contributed by atoms with E-state index in [0.29, 0.717) is 34.7 Å². The zero-order valence-electron chi connectivity index (χ0n) is 18.8. The Morgan fingerprint density at radius 1 is 1.16 bits per heavy atom. The molecule has 4 rings (SSSR count). The smallest absolute Gasteiger partial charge is 0.273 e. The van der Waals surface area contributed by atoms with Crippen molar-refractivity contribution >= 4 is 22.5 Å². The van der Waals surface area contributed by atoms with Crippen LogP contribution in [0.5, 0.6) is 11.5 Å². The van der Waals surface area contributed by atoms with Crippen molar-refractivity contribution in [3.63, 3.8) is 0 Å². The molecular weight excluding hydrogens is 396 g/mol. The van der Waals surface area contributed by atoms with Crippen LogP contribution in [0.1, 0.15) is 38.8 Å². The molecule has 0 aliphatic heterocycles. The number of amides is 1. The number of ether oxygens (including phenoxy) is 2. The molecule has 1 aromatic carbocycles. The van der Waals surface area contributed by atoms with Crippen LogP contribution >= 0.6 is 0 Å². The Kier molecular flexibility index (Phi) is 5.64. The van der Waals surface area contributed by atoms with Gasteiger partial charge < -0.3 is 14.8 Å². The third kappa shape index (κ3) is 3.75. The second-order valence-corrected chi connectivity index (χ2v) is 8.59. The van der Waals surface area contributed by atoms with Gasteiger partial charge in [-0.05, 0) is 31.2 Å². The lowest BCUT2D eigenvalue weighted by molar-refractivity contribution is -0.123. The highest BCUT2D eigenvalue weighted by Gasteiger charge is 2.28. The van der Waals surface area contributed by atoms with E-state index in [1.54, 1.807) is 20.3 Å². The number of aromatic nitrogens is 3. The molecule has 1 fully saturated rings. The minimum absolute atomic E-state index is 0.0577. The van der Waals surface area contributed by atoms with Gasteiger partial charge in [-0.3, -0.25) is 14.3 Å². The van der Waals surface area contributed by atoms with Crippen molar-refractivity contribution in [3.8, 4) is 11.5 Å². The van der Waals surface area contributed by atoms with Crippen LogP contribution in [-0.4, -0.2) is 40.3 Å². The summed E-state index contributed by atoms with van der Waals surface area (Å²) in [5.41, 5.74) is 1.63. The zero-order valence-corrected chi connectivity index (χ0v) is 18.8. The maximum Gasteiger partial charge on any atom is 0.273 e. The summed E-state index contributed by atoms with van der Waals surface area (Å²) in [7, 11) is 3.13. The normalized spacial score (nSPS) is 21.4. The van der Waals surface area contributed by atoms with E-state index in [-0.39, 0.29) is 24.1 Å². The summed E-state index contributed by atoms with van der Waals surface area (Å²) < 4.78 is 14.6. The molecule has 3 atom stereocenters. The van der Waals surface area contributed by atoms with Gasteiger partial charge in [-0.15, -0.1) is 0 Å². The van der Waals surface area contributed by atoms with Crippen molar-refractivity contribution in [1.29, 1.82) is 0 Å². The summed E-state index contributed by atoms with van der Waals surface area (Å²) in [6.07, 6.45) is 3.34. The van der Waals surface area contributed by atoms with Gasteiger partial charge in [0.2, 0.25) is 5.91 Å². The molecule has 2 aromatic heterocycles. The molecular formula is C23H30N4O4. The van der Waals surface area contributed by atoms with E-state index in [1.165, 1.54) is 12.5 Å². The van der Waals surface area contributed by atoms with E-state index < -0.39 is 0 Å². The number of hydrogen-bond acceptors (Lipinski definition) is 5. The first kappa shape index (κ1) is 21.2. The maximum absolute atomic E-state index is 13.1. The summed E-state index contributed by atoms with van der Waals surface area (Å²) in [4.78, 5) is 29.4. The van der Waals surface area contributed by atoms with Crippen LogP contribution in [0.4, 0.5) is 0 Å². The summed E-state index contributed by atoms with van der Waals surface area (Å²) in [6, 6.07) is 5.27. The van der Waals surface area contributed by atoms with Gasteiger partial charge in [0, 0.05) is 29.3 Å². The molecule has 3 aromatic rings. The summed E-state index contributed by atoms with van der Waals surface area (Å²) >= 11 is 0. The Hall–Kier alpha value is -3.03. The highest BCUT2D eigenvalue weighted by molar-refractivity contribution is 5.96. The molecule has 31 heavy (non-hydrogen) atoms. The molecule has 166 valence electrons. The third-order valence-corrected chi connectivity index (χ3v) is 6.69. The second kappa shape index (κ2) is 8.24. The lowest BCUT2D eigenvalue weighted by Crippen LogP contribution is -2.45. The molecule has 8 nitrogen and oxygen atoms in total. The van der Waals surface area contributed by atoms with Crippen LogP contribution in [0.3, 0.4) is 0 Å². The maximum atomic E-state index is 13.1. The molecule has 1 saturated carbocycles. The van der Waals surface area contributed by atoms with E-state index in [4.69, 9.17) is 9.47 Å². The van der Waals surface area contributed by atoms with E-state index in [1.807, 2.05) is 22.2 Å². The molecule has 1 amide bonds. The average molecular weight is 427 g/mol. The summed E-state index contributed by atoms with van der Waals surface area (Å²) in [6.45, 7) is 6.41. The second-order valence-electron chi connectivity index (χ2n) is 8.59. The number of fused-ring (bicyclic) bond motifs is 3. The van der Waals surface area contributed by atoms with Crippen molar-refractivity contribution in [2.24, 2.45) is 11.8 Å². The van der Waals surface area contributed by atoms with Gasteiger partial charge in [0.25, 0.3) is 5.56 Å². The van der Waals surface area contributed by atoms with Crippen molar-refractivity contribution in [2.45, 2.75) is 52.6 Å². The van der Waals surface area contributed by atoms with Crippen LogP contribution in [-0.2, 0) is 11.3 Å². The van der Waals surface area contributed by atoms with Gasteiger partial charge in [-0.1, -0.05) is 26.7 Å². The van der Waals surface area contributed by atoms with E-state index in [0.717, 1.165) is 23.7 Å². The molecule has 1 N–H and O–H groups in total. The Bertz CT molecular complexity index is 1200. The van der Waals surface area contributed by atoms with Gasteiger partial charge in [-0.2, -0.15) is 4.98 Å². The largest absolute Gasteiger partial charge is 0.493 e. The van der Waals surface area contributed by atoms with Crippen LogP contribution in [0.2, 0.25) is 0 Å². The minimum Gasteiger partial charge on any atom is -0.493 e. The van der Waals surface area contributed by atoms with Gasteiger partial charge in [0.15, 0.2) is 17.1 Å². The highest BCUT2D eigenvalue weighted by Crippen LogP contribution is 2.35. The van der Waals surface area contributed by atoms with E-state index >= 15 is 0 Å². The average Bonchev–Trinajstić information content (AvgIpc) is 3.03. The number of rotatable bonds is 5. The molecule has 2 heterocycles. The predicted molar refractivity (Wildman–Crippen MR) is 119 cm³/mol. The Morgan fingerprint density at radius 2 is 1.87 bits per heavy atom.